The highest BCUT2D eigenvalue weighted by molar-refractivity contribution is 5.78. The standard InChI is InChI=1S/C36H66O2/c1-3-5-7-9-11-12-18-26-35(29-24-33(25-30-35)32-22-16-14-17-23-32)36(27-19-15-20-28-36)34(37)38-31-21-13-10-8-6-4-2/h32-33H,3-31H2,1-2H3. The number of rotatable bonds is 18. The van der Waals surface area contributed by atoms with Gasteiger partial charge in [-0.3, -0.25) is 4.79 Å². The average molecular weight is 531 g/mol. The molecule has 0 N–H and O–H groups in total. The van der Waals surface area contributed by atoms with Crippen molar-refractivity contribution in [3.05, 3.63) is 0 Å². The quantitative estimate of drug-likeness (QED) is 0.130. The van der Waals surface area contributed by atoms with E-state index in [0.717, 1.165) is 31.1 Å². The van der Waals surface area contributed by atoms with Crippen LogP contribution >= 0.6 is 0 Å². The molecule has 0 saturated heterocycles. The third-order valence-electron chi connectivity index (χ3n) is 11.4. The zero-order chi connectivity index (χ0) is 26.9. The van der Waals surface area contributed by atoms with Crippen molar-refractivity contribution in [1.82, 2.24) is 0 Å². The molecule has 0 amide bonds. The zero-order valence-electron chi connectivity index (χ0n) is 26.0. The summed E-state index contributed by atoms with van der Waals surface area (Å²) in [5.74, 6) is 2.13. The first kappa shape index (κ1) is 32.0. The molecule has 0 unspecified atom stereocenters. The minimum absolute atomic E-state index is 0.187. The van der Waals surface area contributed by atoms with Crippen LogP contribution in [0.15, 0.2) is 0 Å². The van der Waals surface area contributed by atoms with Crippen LogP contribution in [0.1, 0.15) is 194 Å². The van der Waals surface area contributed by atoms with Crippen LogP contribution in [-0.4, -0.2) is 12.6 Å². The molecule has 0 aromatic rings. The SMILES string of the molecule is CCCCCCCCCC1(C2(C(=O)OCCCCCCCC)CCCCC2)CCC(C2CCCCC2)CC1. The van der Waals surface area contributed by atoms with Crippen molar-refractivity contribution in [1.29, 1.82) is 0 Å². The van der Waals surface area contributed by atoms with Crippen LogP contribution in [0.4, 0.5) is 0 Å². The summed E-state index contributed by atoms with van der Waals surface area (Å²) in [6, 6.07) is 0. The van der Waals surface area contributed by atoms with Crippen molar-refractivity contribution in [2.75, 3.05) is 6.61 Å². The molecule has 2 heteroatoms. The van der Waals surface area contributed by atoms with Gasteiger partial charge in [-0.25, -0.2) is 0 Å². The molecular weight excluding hydrogens is 464 g/mol. The van der Waals surface area contributed by atoms with E-state index in [1.54, 1.807) is 0 Å². The molecule has 0 radical (unpaired) electrons. The van der Waals surface area contributed by atoms with E-state index in [9.17, 15) is 4.79 Å². The van der Waals surface area contributed by atoms with Crippen molar-refractivity contribution < 1.29 is 9.53 Å². The Morgan fingerprint density at radius 2 is 1.08 bits per heavy atom. The van der Waals surface area contributed by atoms with Crippen molar-refractivity contribution in [2.45, 2.75) is 194 Å². The first-order valence-corrected chi connectivity index (χ1v) is 17.8. The van der Waals surface area contributed by atoms with Gasteiger partial charge >= 0.3 is 5.97 Å². The maximum absolute atomic E-state index is 14.1. The van der Waals surface area contributed by atoms with Crippen molar-refractivity contribution in [3.8, 4) is 0 Å². The van der Waals surface area contributed by atoms with E-state index >= 15 is 0 Å². The fourth-order valence-electron chi connectivity index (χ4n) is 8.95. The number of hydrogen-bond acceptors (Lipinski definition) is 2. The van der Waals surface area contributed by atoms with Gasteiger partial charge in [-0.1, -0.05) is 142 Å². The number of hydrogen-bond donors (Lipinski definition) is 0. The smallest absolute Gasteiger partial charge is 0.312 e. The van der Waals surface area contributed by atoms with Crippen LogP contribution in [0, 0.1) is 22.7 Å². The Bertz CT molecular complexity index is 605. The highest BCUT2D eigenvalue weighted by atomic mass is 16.5. The molecule has 3 aliphatic carbocycles. The summed E-state index contributed by atoms with van der Waals surface area (Å²) >= 11 is 0. The van der Waals surface area contributed by atoms with Crippen molar-refractivity contribution >= 4 is 5.97 Å². The lowest BCUT2D eigenvalue weighted by molar-refractivity contribution is -0.175. The largest absolute Gasteiger partial charge is 0.465 e. The van der Waals surface area contributed by atoms with Crippen LogP contribution in [-0.2, 0) is 9.53 Å². The number of esters is 1. The summed E-state index contributed by atoms with van der Waals surface area (Å²) in [4.78, 5) is 14.1. The predicted octanol–water partition coefficient (Wildman–Crippen LogP) is 11.7. The number of carbonyl (C=O) groups excluding carboxylic acids is 1. The highest BCUT2D eigenvalue weighted by Crippen LogP contribution is 2.61. The summed E-state index contributed by atoms with van der Waals surface area (Å²) in [6.45, 7) is 5.24. The molecule has 3 rings (SSSR count). The van der Waals surface area contributed by atoms with E-state index < -0.39 is 0 Å². The Hall–Kier alpha value is -0.530. The van der Waals surface area contributed by atoms with E-state index in [1.165, 1.54) is 161 Å². The fraction of sp³-hybridized carbons (Fsp3) is 0.972. The fourth-order valence-corrected chi connectivity index (χ4v) is 8.95. The lowest BCUT2D eigenvalue weighted by Crippen LogP contribution is -2.52. The Morgan fingerprint density at radius 1 is 0.579 bits per heavy atom. The Balaban J connectivity index is 1.64. The maximum Gasteiger partial charge on any atom is 0.312 e. The van der Waals surface area contributed by atoms with E-state index in [2.05, 4.69) is 13.8 Å². The molecule has 0 heterocycles. The van der Waals surface area contributed by atoms with Gasteiger partial charge in [0, 0.05) is 0 Å². The van der Waals surface area contributed by atoms with Crippen LogP contribution in [0.25, 0.3) is 0 Å². The van der Waals surface area contributed by atoms with Crippen LogP contribution in [0.2, 0.25) is 0 Å². The minimum atomic E-state index is -0.187. The summed E-state index contributed by atoms with van der Waals surface area (Å²) in [5, 5.41) is 0. The van der Waals surface area contributed by atoms with Gasteiger partial charge in [0.05, 0.1) is 12.0 Å². The molecule has 3 saturated carbocycles. The molecule has 0 aromatic carbocycles. The third-order valence-corrected chi connectivity index (χ3v) is 11.4. The van der Waals surface area contributed by atoms with Gasteiger partial charge in [0.1, 0.15) is 0 Å². The van der Waals surface area contributed by atoms with Gasteiger partial charge in [-0.05, 0) is 68.6 Å². The van der Waals surface area contributed by atoms with E-state index in [4.69, 9.17) is 4.74 Å². The molecule has 0 spiro atoms. The third kappa shape index (κ3) is 9.26. The van der Waals surface area contributed by atoms with Gasteiger partial charge < -0.3 is 4.74 Å². The monoisotopic (exact) mass is 531 g/mol. The molecule has 222 valence electrons. The molecule has 0 aromatic heterocycles. The number of unbranched alkanes of at least 4 members (excludes halogenated alkanes) is 11. The van der Waals surface area contributed by atoms with Crippen LogP contribution in [0.5, 0.6) is 0 Å². The van der Waals surface area contributed by atoms with E-state index in [0.29, 0.717) is 6.61 Å². The molecular formula is C36H66O2. The van der Waals surface area contributed by atoms with Crippen LogP contribution < -0.4 is 0 Å². The first-order valence-electron chi connectivity index (χ1n) is 17.8. The predicted molar refractivity (Wildman–Crippen MR) is 163 cm³/mol. The number of carbonyl (C=O) groups is 1. The lowest BCUT2D eigenvalue weighted by atomic mass is 9.49. The summed E-state index contributed by atoms with van der Waals surface area (Å²) in [6.07, 6.45) is 37.1. The highest BCUT2D eigenvalue weighted by Gasteiger charge is 2.57. The maximum atomic E-state index is 14.1. The summed E-state index contributed by atoms with van der Waals surface area (Å²) in [7, 11) is 0. The molecule has 2 nitrogen and oxygen atoms in total. The number of ether oxygens (including phenoxy) is 1. The van der Waals surface area contributed by atoms with E-state index in [1.807, 2.05) is 0 Å². The van der Waals surface area contributed by atoms with Crippen molar-refractivity contribution in [3.63, 3.8) is 0 Å². The summed E-state index contributed by atoms with van der Waals surface area (Å²) < 4.78 is 6.25. The molecule has 3 aliphatic rings. The minimum Gasteiger partial charge on any atom is -0.465 e. The second-order valence-electron chi connectivity index (χ2n) is 13.9. The molecule has 3 fully saturated rings. The van der Waals surface area contributed by atoms with E-state index in [-0.39, 0.29) is 16.8 Å². The normalized spacial score (nSPS) is 26.3. The Kier molecular flexibility index (Phi) is 15.2. The second-order valence-corrected chi connectivity index (χ2v) is 13.9. The van der Waals surface area contributed by atoms with Crippen LogP contribution in [0.3, 0.4) is 0 Å². The Morgan fingerprint density at radius 3 is 1.68 bits per heavy atom. The van der Waals surface area contributed by atoms with Gasteiger partial charge in [-0.2, -0.15) is 0 Å². The zero-order valence-corrected chi connectivity index (χ0v) is 26.0. The average Bonchev–Trinajstić information content (AvgIpc) is 2.97. The van der Waals surface area contributed by atoms with Gasteiger partial charge in [0.15, 0.2) is 0 Å². The van der Waals surface area contributed by atoms with Gasteiger partial charge in [0.25, 0.3) is 0 Å². The summed E-state index contributed by atoms with van der Waals surface area (Å²) in [5.41, 5.74) is 0.0213. The lowest BCUT2D eigenvalue weighted by Gasteiger charge is -2.55. The van der Waals surface area contributed by atoms with Crippen molar-refractivity contribution in [2.24, 2.45) is 22.7 Å². The van der Waals surface area contributed by atoms with Gasteiger partial charge in [0.2, 0.25) is 0 Å². The second kappa shape index (κ2) is 18.0. The topological polar surface area (TPSA) is 26.3 Å². The molecule has 38 heavy (non-hydrogen) atoms. The first-order chi connectivity index (χ1) is 18.7. The Labute approximate surface area is 238 Å². The molecule has 0 atom stereocenters. The molecule has 0 bridgehead atoms. The molecule has 0 aliphatic heterocycles. The van der Waals surface area contributed by atoms with Gasteiger partial charge in [-0.15, -0.1) is 0 Å².